The predicted molar refractivity (Wildman–Crippen MR) is 55.9 cm³/mol. The first-order valence-electron chi connectivity index (χ1n) is 4.48. The van der Waals surface area contributed by atoms with Crippen molar-refractivity contribution in [2.45, 2.75) is 18.8 Å². The van der Waals surface area contributed by atoms with Gasteiger partial charge in [0.2, 0.25) is 0 Å². The standard InChI is InChI=1S/C11H14S/c1-12-8-10-7-6-9-4-2-3-5-11(9)10/h2-5,10H,6-8H2,1H3/t10-/m1/s1. The molecule has 0 radical (unpaired) electrons. The number of thioether (sulfide) groups is 1. The molecule has 1 aromatic carbocycles. The Labute approximate surface area is 78.4 Å². The largest absolute Gasteiger partial charge is 0.165 e. The SMILES string of the molecule is CSC[C@H]1CCc2ccccc21. The minimum absolute atomic E-state index is 0.830. The molecule has 2 rings (SSSR count). The summed E-state index contributed by atoms with van der Waals surface area (Å²) in [6, 6.07) is 8.89. The average Bonchev–Trinajstić information content (AvgIpc) is 2.50. The van der Waals surface area contributed by atoms with Crippen molar-refractivity contribution in [2.24, 2.45) is 0 Å². The Bertz CT molecular complexity index is 265. The van der Waals surface area contributed by atoms with Crippen LogP contribution in [0.2, 0.25) is 0 Å². The summed E-state index contributed by atoms with van der Waals surface area (Å²) < 4.78 is 0. The van der Waals surface area contributed by atoms with Gasteiger partial charge in [-0.3, -0.25) is 0 Å². The Balaban J connectivity index is 2.24. The zero-order valence-electron chi connectivity index (χ0n) is 7.42. The zero-order valence-corrected chi connectivity index (χ0v) is 8.23. The smallest absolute Gasteiger partial charge is 0.000109 e. The second-order valence-corrected chi connectivity index (χ2v) is 4.30. The third kappa shape index (κ3) is 1.38. The molecule has 64 valence electrons. The Kier molecular flexibility index (Phi) is 2.40. The highest BCUT2D eigenvalue weighted by molar-refractivity contribution is 7.98. The number of hydrogen-bond donors (Lipinski definition) is 0. The molecule has 0 aromatic heterocycles. The monoisotopic (exact) mass is 178 g/mol. The molecule has 0 bridgehead atoms. The molecule has 1 heteroatoms. The van der Waals surface area contributed by atoms with Crippen LogP contribution < -0.4 is 0 Å². The minimum atomic E-state index is 0.830. The normalized spacial score (nSPS) is 20.9. The molecule has 1 aromatic rings. The lowest BCUT2D eigenvalue weighted by molar-refractivity contribution is 0.758. The van der Waals surface area contributed by atoms with Gasteiger partial charge in [0.15, 0.2) is 0 Å². The van der Waals surface area contributed by atoms with Gasteiger partial charge in [0.05, 0.1) is 0 Å². The summed E-state index contributed by atoms with van der Waals surface area (Å²) in [5, 5.41) is 0. The van der Waals surface area contributed by atoms with Gasteiger partial charge in [0, 0.05) is 0 Å². The van der Waals surface area contributed by atoms with Crippen molar-refractivity contribution in [1.82, 2.24) is 0 Å². The lowest BCUT2D eigenvalue weighted by Gasteiger charge is -2.08. The van der Waals surface area contributed by atoms with Gasteiger partial charge in [0.1, 0.15) is 0 Å². The third-order valence-electron chi connectivity index (χ3n) is 2.62. The molecular weight excluding hydrogens is 164 g/mol. The third-order valence-corrected chi connectivity index (χ3v) is 3.36. The molecule has 0 nitrogen and oxygen atoms in total. The first-order chi connectivity index (χ1) is 5.92. The van der Waals surface area contributed by atoms with E-state index in [1.54, 1.807) is 11.1 Å². The highest BCUT2D eigenvalue weighted by atomic mass is 32.2. The Hall–Kier alpha value is -0.430. The molecule has 0 N–H and O–H groups in total. The van der Waals surface area contributed by atoms with Crippen LogP contribution in [0.15, 0.2) is 24.3 Å². The van der Waals surface area contributed by atoms with E-state index in [9.17, 15) is 0 Å². The van der Waals surface area contributed by atoms with Crippen LogP contribution in [0.3, 0.4) is 0 Å². The molecule has 1 atom stereocenters. The van der Waals surface area contributed by atoms with Crippen LogP contribution in [-0.4, -0.2) is 12.0 Å². The summed E-state index contributed by atoms with van der Waals surface area (Å²) in [7, 11) is 0. The van der Waals surface area contributed by atoms with E-state index >= 15 is 0 Å². The molecular formula is C11H14S. The van der Waals surface area contributed by atoms with Gasteiger partial charge in [-0.1, -0.05) is 24.3 Å². The van der Waals surface area contributed by atoms with Gasteiger partial charge in [-0.05, 0) is 41.9 Å². The quantitative estimate of drug-likeness (QED) is 0.670. The van der Waals surface area contributed by atoms with Crippen molar-refractivity contribution in [2.75, 3.05) is 12.0 Å². The second-order valence-electron chi connectivity index (χ2n) is 3.39. The van der Waals surface area contributed by atoms with Crippen molar-refractivity contribution in [3.05, 3.63) is 35.4 Å². The maximum Gasteiger partial charge on any atom is -0.000109 e. The number of benzene rings is 1. The maximum absolute atomic E-state index is 2.29. The predicted octanol–water partition coefficient (Wildman–Crippen LogP) is 3.08. The van der Waals surface area contributed by atoms with Gasteiger partial charge < -0.3 is 0 Å². The van der Waals surface area contributed by atoms with Gasteiger partial charge in [0.25, 0.3) is 0 Å². The number of aryl methyl sites for hydroxylation is 1. The highest BCUT2D eigenvalue weighted by Crippen LogP contribution is 2.34. The summed E-state index contributed by atoms with van der Waals surface area (Å²) in [6.07, 6.45) is 4.85. The van der Waals surface area contributed by atoms with Crippen molar-refractivity contribution in [1.29, 1.82) is 0 Å². The lowest BCUT2D eigenvalue weighted by atomic mass is 10.0. The first kappa shape index (κ1) is 8.18. The van der Waals surface area contributed by atoms with Crippen LogP contribution in [0.1, 0.15) is 23.5 Å². The molecule has 0 fully saturated rings. The zero-order chi connectivity index (χ0) is 8.39. The van der Waals surface area contributed by atoms with Crippen molar-refractivity contribution in [3.8, 4) is 0 Å². The van der Waals surface area contributed by atoms with Crippen molar-refractivity contribution < 1.29 is 0 Å². The number of fused-ring (bicyclic) bond motifs is 1. The van der Waals surface area contributed by atoms with Gasteiger partial charge >= 0.3 is 0 Å². The fraction of sp³-hybridized carbons (Fsp3) is 0.455. The molecule has 0 unspecified atom stereocenters. The van der Waals surface area contributed by atoms with E-state index in [-0.39, 0.29) is 0 Å². The van der Waals surface area contributed by atoms with Crippen molar-refractivity contribution in [3.63, 3.8) is 0 Å². The molecule has 1 aliphatic rings. The summed E-state index contributed by atoms with van der Waals surface area (Å²) in [6.45, 7) is 0. The van der Waals surface area contributed by atoms with Crippen LogP contribution >= 0.6 is 11.8 Å². The van der Waals surface area contributed by atoms with Crippen molar-refractivity contribution >= 4 is 11.8 Å². The summed E-state index contributed by atoms with van der Waals surface area (Å²) in [4.78, 5) is 0. The van der Waals surface area contributed by atoms with E-state index in [2.05, 4.69) is 30.5 Å². The Morgan fingerprint density at radius 3 is 3.08 bits per heavy atom. The average molecular weight is 178 g/mol. The highest BCUT2D eigenvalue weighted by Gasteiger charge is 2.20. The minimum Gasteiger partial charge on any atom is -0.165 e. The fourth-order valence-electron chi connectivity index (χ4n) is 2.02. The Morgan fingerprint density at radius 1 is 1.42 bits per heavy atom. The Morgan fingerprint density at radius 2 is 2.25 bits per heavy atom. The van der Waals surface area contributed by atoms with Crippen LogP contribution in [0, 0.1) is 0 Å². The summed E-state index contributed by atoms with van der Waals surface area (Å²) >= 11 is 1.96. The topological polar surface area (TPSA) is 0 Å². The van der Waals surface area contributed by atoms with E-state index in [1.165, 1.54) is 18.6 Å². The van der Waals surface area contributed by atoms with Gasteiger partial charge in [-0.15, -0.1) is 0 Å². The summed E-state index contributed by atoms with van der Waals surface area (Å²) in [5.74, 6) is 2.12. The van der Waals surface area contributed by atoms with E-state index in [0.717, 1.165) is 5.92 Å². The van der Waals surface area contributed by atoms with E-state index in [4.69, 9.17) is 0 Å². The van der Waals surface area contributed by atoms with Crippen LogP contribution in [0.4, 0.5) is 0 Å². The summed E-state index contributed by atoms with van der Waals surface area (Å²) in [5.41, 5.74) is 3.18. The van der Waals surface area contributed by atoms with E-state index in [0.29, 0.717) is 0 Å². The molecule has 0 amide bonds. The van der Waals surface area contributed by atoms with Gasteiger partial charge in [-0.2, -0.15) is 11.8 Å². The molecule has 1 aliphatic carbocycles. The van der Waals surface area contributed by atoms with E-state index < -0.39 is 0 Å². The molecule has 0 spiro atoms. The second kappa shape index (κ2) is 3.53. The first-order valence-corrected chi connectivity index (χ1v) is 5.88. The van der Waals surface area contributed by atoms with Crippen LogP contribution in [0.25, 0.3) is 0 Å². The maximum atomic E-state index is 2.29. The van der Waals surface area contributed by atoms with Gasteiger partial charge in [-0.25, -0.2) is 0 Å². The van der Waals surface area contributed by atoms with E-state index in [1.807, 2.05) is 11.8 Å². The lowest BCUT2D eigenvalue weighted by Crippen LogP contribution is -1.95. The molecule has 0 heterocycles. The number of hydrogen-bond acceptors (Lipinski definition) is 1. The van der Waals surface area contributed by atoms with Crippen LogP contribution in [-0.2, 0) is 6.42 Å². The molecule has 0 aliphatic heterocycles. The van der Waals surface area contributed by atoms with Crippen LogP contribution in [0.5, 0.6) is 0 Å². The molecule has 12 heavy (non-hydrogen) atoms. The molecule has 0 saturated heterocycles. The fourth-order valence-corrected chi connectivity index (χ4v) is 2.77. The number of rotatable bonds is 2. The molecule has 0 saturated carbocycles.